The predicted octanol–water partition coefficient (Wildman–Crippen LogP) is 3.49. The maximum absolute atomic E-state index is 13.3. The van der Waals surface area contributed by atoms with Gasteiger partial charge in [0.25, 0.3) is 0 Å². The van der Waals surface area contributed by atoms with Crippen LogP contribution in [0.15, 0.2) is 68.8 Å². The van der Waals surface area contributed by atoms with Crippen molar-refractivity contribution in [2.45, 2.75) is 18.2 Å². The van der Waals surface area contributed by atoms with Crippen molar-refractivity contribution >= 4 is 16.7 Å². The van der Waals surface area contributed by atoms with E-state index in [1.165, 1.54) is 0 Å². The van der Waals surface area contributed by atoms with Crippen LogP contribution in [0.5, 0.6) is 5.88 Å². The smallest absolute Gasteiger partial charge is 0.439 e. The van der Waals surface area contributed by atoms with Gasteiger partial charge in [-0.2, -0.15) is 0 Å². The largest absolute Gasteiger partial charge is 0.481 e. The number of aromatic amines is 1. The number of benzene rings is 2. The molecule has 0 fully saturated rings. The first-order valence-corrected chi connectivity index (χ1v) is 11.1. The average Bonchev–Trinajstić information content (AvgIpc) is 3.44. The topological polar surface area (TPSA) is 101 Å². The van der Waals surface area contributed by atoms with E-state index in [1.807, 2.05) is 35.5 Å². The monoisotopic (exact) mass is 448 g/mol. The molecule has 162 valence electrons. The standard InChI is InChI=1S/C23H20N4O4S/c1-14-3-9-19(22(24-14)30-2)16-6-10-20-17(13-16)11-12-27(20)32(29)18-7-4-15(5-8-18)21-25-23(28)31-26-21/h3-10,13H,11-12H2,1-2H3,(H,25,26,28). The zero-order chi connectivity index (χ0) is 22.2. The highest BCUT2D eigenvalue weighted by Gasteiger charge is 2.25. The molecule has 3 heterocycles. The molecule has 1 aliphatic rings. The van der Waals surface area contributed by atoms with Crippen LogP contribution in [0, 0.1) is 6.92 Å². The number of aromatic nitrogens is 3. The summed E-state index contributed by atoms with van der Waals surface area (Å²) in [5.41, 5.74) is 5.62. The second-order valence-electron chi connectivity index (χ2n) is 7.42. The highest BCUT2D eigenvalue weighted by Crippen LogP contribution is 2.36. The van der Waals surface area contributed by atoms with Gasteiger partial charge >= 0.3 is 5.76 Å². The molecule has 1 aliphatic heterocycles. The number of hydrogen-bond donors (Lipinski definition) is 1. The van der Waals surface area contributed by atoms with Gasteiger partial charge in [-0.15, -0.1) is 0 Å². The quantitative estimate of drug-likeness (QED) is 0.502. The average molecular weight is 449 g/mol. The van der Waals surface area contributed by atoms with Crippen molar-refractivity contribution in [1.82, 2.24) is 15.1 Å². The molecular weight excluding hydrogens is 428 g/mol. The fraction of sp³-hybridized carbons (Fsp3) is 0.174. The molecule has 4 aromatic rings. The first-order valence-electron chi connectivity index (χ1n) is 10.0. The van der Waals surface area contributed by atoms with E-state index in [2.05, 4.69) is 25.7 Å². The van der Waals surface area contributed by atoms with Gasteiger partial charge in [0.1, 0.15) is 0 Å². The summed E-state index contributed by atoms with van der Waals surface area (Å²) in [6.45, 7) is 2.59. The highest BCUT2D eigenvalue weighted by atomic mass is 32.2. The summed E-state index contributed by atoms with van der Waals surface area (Å²) in [7, 11) is 0.261. The van der Waals surface area contributed by atoms with Crippen molar-refractivity contribution in [1.29, 1.82) is 0 Å². The van der Waals surface area contributed by atoms with E-state index < -0.39 is 16.7 Å². The molecule has 0 saturated carbocycles. The molecule has 0 saturated heterocycles. The summed E-state index contributed by atoms with van der Waals surface area (Å²) in [6.07, 6.45) is 0.800. The Bertz CT molecular complexity index is 1380. The van der Waals surface area contributed by atoms with Gasteiger partial charge in [0.2, 0.25) is 5.88 Å². The fourth-order valence-electron chi connectivity index (χ4n) is 3.83. The Kier molecular flexibility index (Phi) is 5.10. The summed E-state index contributed by atoms with van der Waals surface area (Å²) < 4.78 is 25.2. The maximum Gasteiger partial charge on any atom is 0.439 e. The molecule has 32 heavy (non-hydrogen) atoms. The van der Waals surface area contributed by atoms with Crippen LogP contribution in [0.1, 0.15) is 11.3 Å². The lowest BCUT2D eigenvalue weighted by Gasteiger charge is -2.18. The zero-order valence-corrected chi connectivity index (χ0v) is 18.3. The van der Waals surface area contributed by atoms with Crippen LogP contribution in [0.2, 0.25) is 0 Å². The molecule has 1 N–H and O–H groups in total. The van der Waals surface area contributed by atoms with E-state index in [4.69, 9.17) is 4.74 Å². The lowest BCUT2D eigenvalue weighted by atomic mass is 10.0. The Morgan fingerprint density at radius 2 is 1.88 bits per heavy atom. The van der Waals surface area contributed by atoms with Gasteiger partial charge in [0, 0.05) is 23.4 Å². The predicted molar refractivity (Wildman–Crippen MR) is 121 cm³/mol. The van der Waals surface area contributed by atoms with Gasteiger partial charge in [-0.1, -0.05) is 11.2 Å². The van der Waals surface area contributed by atoms with Crippen molar-refractivity contribution in [3.8, 4) is 28.4 Å². The summed E-state index contributed by atoms with van der Waals surface area (Å²) in [5.74, 6) is 0.323. The minimum Gasteiger partial charge on any atom is -0.481 e. The van der Waals surface area contributed by atoms with Gasteiger partial charge in [-0.25, -0.2) is 14.0 Å². The van der Waals surface area contributed by atoms with Crippen LogP contribution in [0.4, 0.5) is 5.69 Å². The second-order valence-corrected chi connectivity index (χ2v) is 8.83. The summed E-state index contributed by atoms with van der Waals surface area (Å²) in [5, 5.41) is 3.68. The van der Waals surface area contributed by atoms with Gasteiger partial charge in [0.05, 0.1) is 17.7 Å². The fourth-order valence-corrected chi connectivity index (χ4v) is 5.07. The molecule has 0 radical (unpaired) electrons. The number of pyridine rings is 1. The molecule has 5 rings (SSSR count). The van der Waals surface area contributed by atoms with Crippen molar-refractivity contribution in [2.24, 2.45) is 0 Å². The second kappa shape index (κ2) is 8.08. The van der Waals surface area contributed by atoms with Gasteiger partial charge < -0.3 is 4.74 Å². The molecule has 9 heteroatoms. The Balaban J connectivity index is 1.41. The number of nitrogens with zero attached hydrogens (tertiary/aromatic N) is 3. The van der Waals surface area contributed by atoms with Crippen molar-refractivity contribution in [3.63, 3.8) is 0 Å². The van der Waals surface area contributed by atoms with Gasteiger partial charge in [-0.05, 0) is 73.0 Å². The van der Waals surface area contributed by atoms with Crippen molar-refractivity contribution < 1.29 is 13.5 Å². The molecule has 2 aromatic heterocycles. The molecular formula is C23H20N4O4S. The number of anilines is 1. The van der Waals surface area contributed by atoms with Gasteiger partial charge in [-0.3, -0.25) is 13.8 Å². The highest BCUT2D eigenvalue weighted by molar-refractivity contribution is 7.86. The molecule has 2 aromatic carbocycles. The van der Waals surface area contributed by atoms with Crippen molar-refractivity contribution in [2.75, 3.05) is 18.0 Å². The van der Waals surface area contributed by atoms with Crippen LogP contribution in [-0.4, -0.2) is 33.0 Å². The van der Waals surface area contributed by atoms with E-state index >= 15 is 0 Å². The lowest BCUT2D eigenvalue weighted by Crippen LogP contribution is -2.23. The molecule has 0 spiro atoms. The number of methoxy groups -OCH3 is 1. The maximum atomic E-state index is 13.3. The number of H-pyrrole nitrogens is 1. The van der Waals surface area contributed by atoms with Crippen LogP contribution in [-0.2, 0) is 17.4 Å². The molecule has 0 bridgehead atoms. The summed E-state index contributed by atoms with van der Waals surface area (Å²) >= 11 is 0. The lowest BCUT2D eigenvalue weighted by molar-refractivity contribution is 0.388. The molecule has 8 nitrogen and oxygen atoms in total. The number of fused-ring (bicyclic) bond motifs is 1. The third-order valence-electron chi connectivity index (χ3n) is 5.41. The Labute approximate surface area is 186 Å². The summed E-state index contributed by atoms with van der Waals surface area (Å²) in [6, 6.07) is 17.2. The van der Waals surface area contributed by atoms with E-state index in [0.717, 1.165) is 34.5 Å². The minimum absolute atomic E-state index is 0.340. The number of nitrogens with one attached hydrogen (secondary N) is 1. The third kappa shape index (κ3) is 3.60. The van der Waals surface area contributed by atoms with Crippen LogP contribution in [0.3, 0.4) is 0 Å². The number of ether oxygens (including phenoxy) is 1. The normalized spacial score (nSPS) is 13.8. The van der Waals surface area contributed by atoms with E-state index in [9.17, 15) is 9.00 Å². The molecule has 0 aliphatic carbocycles. The van der Waals surface area contributed by atoms with Gasteiger partial charge in [0.15, 0.2) is 16.8 Å². The Hall–Kier alpha value is -3.72. The van der Waals surface area contributed by atoms with E-state index in [0.29, 0.717) is 28.7 Å². The van der Waals surface area contributed by atoms with Crippen molar-refractivity contribution in [3.05, 3.63) is 76.4 Å². The summed E-state index contributed by atoms with van der Waals surface area (Å²) in [4.78, 5) is 18.8. The molecule has 0 amide bonds. The van der Waals surface area contributed by atoms with E-state index in [1.54, 1.807) is 31.4 Å². The Morgan fingerprint density at radius 1 is 1.09 bits per heavy atom. The molecule has 1 atom stereocenters. The number of rotatable bonds is 5. The first kappa shape index (κ1) is 20.2. The van der Waals surface area contributed by atoms with Crippen LogP contribution in [0.25, 0.3) is 22.5 Å². The van der Waals surface area contributed by atoms with E-state index in [-0.39, 0.29) is 0 Å². The zero-order valence-electron chi connectivity index (χ0n) is 17.5. The first-order chi connectivity index (χ1) is 15.5. The SMILES string of the molecule is COc1nc(C)ccc1-c1ccc2c(c1)CCN2S(=O)c1ccc(-c2noc(=O)[nH]2)cc1. The van der Waals surface area contributed by atoms with Crippen LogP contribution >= 0.6 is 0 Å². The third-order valence-corrected chi connectivity index (χ3v) is 6.86. The number of hydrogen-bond acceptors (Lipinski definition) is 6. The van der Waals surface area contributed by atoms with Crippen LogP contribution < -0.4 is 14.8 Å². The minimum atomic E-state index is -1.36. The number of aryl methyl sites for hydroxylation is 1. The Morgan fingerprint density at radius 3 is 2.59 bits per heavy atom. The molecule has 1 unspecified atom stereocenters.